The van der Waals surface area contributed by atoms with Crippen molar-refractivity contribution in [2.45, 2.75) is 12.3 Å². The number of nitrogens with zero attached hydrogens (tertiary/aromatic N) is 5. The van der Waals surface area contributed by atoms with Crippen molar-refractivity contribution in [2.75, 3.05) is 61.8 Å². The molecule has 0 radical (unpaired) electrons. The van der Waals surface area contributed by atoms with E-state index >= 15 is 0 Å². The zero-order valence-corrected chi connectivity index (χ0v) is 12.4. The molecule has 0 spiro atoms. The number of hydrogen-bond donors (Lipinski definition) is 1. The van der Waals surface area contributed by atoms with Crippen LogP contribution < -0.4 is 15.5 Å². The SMILES string of the molecule is CN1CCN(c2nc(N)c(F)c(N3CCC(F)(F)C3)n2)CC1. The molecule has 0 aliphatic carbocycles. The van der Waals surface area contributed by atoms with Crippen LogP contribution in [0.4, 0.5) is 30.8 Å². The summed E-state index contributed by atoms with van der Waals surface area (Å²) < 4.78 is 40.9. The number of nitrogens with two attached hydrogens (primary N) is 1. The van der Waals surface area contributed by atoms with Gasteiger partial charge in [0, 0.05) is 39.1 Å². The second kappa shape index (κ2) is 5.45. The van der Waals surface area contributed by atoms with Crippen molar-refractivity contribution >= 4 is 17.6 Å². The van der Waals surface area contributed by atoms with Crippen LogP contribution in [0.25, 0.3) is 0 Å². The maximum atomic E-state index is 14.2. The second-order valence-electron chi connectivity index (χ2n) is 5.86. The summed E-state index contributed by atoms with van der Waals surface area (Å²) >= 11 is 0. The Morgan fingerprint density at radius 2 is 1.73 bits per heavy atom. The van der Waals surface area contributed by atoms with E-state index < -0.39 is 18.3 Å². The van der Waals surface area contributed by atoms with Gasteiger partial charge in [-0.2, -0.15) is 14.4 Å². The lowest BCUT2D eigenvalue weighted by Gasteiger charge is -2.33. The molecule has 0 saturated carbocycles. The third-order valence-corrected chi connectivity index (χ3v) is 4.10. The summed E-state index contributed by atoms with van der Waals surface area (Å²) in [6.07, 6.45) is -0.305. The van der Waals surface area contributed by atoms with Gasteiger partial charge in [-0.3, -0.25) is 0 Å². The van der Waals surface area contributed by atoms with Crippen molar-refractivity contribution in [3.05, 3.63) is 5.82 Å². The first-order chi connectivity index (χ1) is 10.4. The minimum atomic E-state index is -2.82. The molecule has 0 amide bonds. The Balaban J connectivity index is 1.87. The monoisotopic (exact) mass is 316 g/mol. The largest absolute Gasteiger partial charge is 0.381 e. The van der Waals surface area contributed by atoms with Crippen LogP contribution in [0.5, 0.6) is 0 Å². The molecular weight excluding hydrogens is 297 g/mol. The van der Waals surface area contributed by atoms with Crippen molar-refractivity contribution in [3.8, 4) is 0 Å². The number of anilines is 3. The number of hydrogen-bond acceptors (Lipinski definition) is 6. The Hall–Kier alpha value is -1.77. The molecule has 3 rings (SSSR count). The minimum absolute atomic E-state index is 0.0581. The second-order valence-corrected chi connectivity index (χ2v) is 5.86. The van der Waals surface area contributed by atoms with E-state index in [1.807, 2.05) is 11.9 Å². The molecular formula is C13H19F3N6. The molecule has 1 aromatic rings. The summed E-state index contributed by atoms with van der Waals surface area (Å²) in [5, 5.41) is 0. The number of piperazine rings is 1. The smallest absolute Gasteiger partial charge is 0.266 e. The Labute approximate surface area is 126 Å². The van der Waals surface area contributed by atoms with Gasteiger partial charge in [-0.05, 0) is 7.05 Å². The fourth-order valence-electron chi connectivity index (χ4n) is 2.71. The highest BCUT2D eigenvalue weighted by atomic mass is 19.3. The van der Waals surface area contributed by atoms with Gasteiger partial charge in [0.1, 0.15) is 0 Å². The lowest BCUT2D eigenvalue weighted by Crippen LogP contribution is -2.45. The van der Waals surface area contributed by atoms with Gasteiger partial charge in [-0.1, -0.05) is 0 Å². The molecule has 0 atom stereocenters. The molecule has 2 aliphatic rings. The molecule has 122 valence electrons. The Morgan fingerprint density at radius 1 is 1.05 bits per heavy atom. The van der Waals surface area contributed by atoms with Gasteiger partial charge in [-0.25, -0.2) is 8.78 Å². The fraction of sp³-hybridized carbons (Fsp3) is 0.692. The molecule has 3 heterocycles. The van der Waals surface area contributed by atoms with Gasteiger partial charge in [0.05, 0.1) is 6.54 Å². The number of nitrogen functional groups attached to an aromatic ring is 1. The minimum Gasteiger partial charge on any atom is -0.381 e. The first-order valence-corrected chi connectivity index (χ1v) is 7.25. The lowest BCUT2D eigenvalue weighted by atomic mass is 10.3. The average molecular weight is 316 g/mol. The van der Waals surface area contributed by atoms with Crippen LogP contribution in [0.1, 0.15) is 6.42 Å². The maximum absolute atomic E-state index is 14.2. The third kappa shape index (κ3) is 2.90. The number of rotatable bonds is 2. The number of likely N-dealkylation sites (N-methyl/N-ethyl adjacent to an activating group) is 1. The topological polar surface area (TPSA) is 61.5 Å². The predicted octanol–water partition coefficient (Wildman–Crippen LogP) is 0.795. The molecule has 6 nitrogen and oxygen atoms in total. The molecule has 0 aromatic carbocycles. The molecule has 2 N–H and O–H groups in total. The number of halogens is 3. The van der Waals surface area contributed by atoms with E-state index in [0.29, 0.717) is 19.0 Å². The van der Waals surface area contributed by atoms with Gasteiger partial charge < -0.3 is 20.4 Å². The lowest BCUT2D eigenvalue weighted by molar-refractivity contribution is 0.0256. The number of alkyl halides is 2. The van der Waals surface area contributed by atoms with E-state index in [9.17, 15) is 13.2 Å². The van der Waals surface area contributed by atoms with Gasteiger partial charge >= 0.3 is 0 Å². The van der Waals surface area contributed by atoms with Crippen molar-refractivity contribution in [1.29, 1.82) is 0 Å². The molecule has 2 saturated heterocycles. The summed E-state index contributed by atoms with van der Waals surface area (Å²) in [4.78, 5) is 13.4. The molecule has 2 fully saturated rings. The van der Waals surface area contributed by atoms with Crippen molar-refractivity contribution in [1.82, 2.24) is 14.9 Å². The molecule has 2 aliphatic heterocycles. The van der Waals surface area contributed by atoms with E-state index in [2.05, 4.69) is 14.9 Å². The third-order valence-electron chi connectivity index (χ3n) is 4.10. The van der Waals surface area contributed by atoms with Crippen LogP contribution in [0.2, 0.25) is 0 Å². The van der Waals surface area contributed by atoms with Crippen molar-refractivity contribution in [2.24, 2.45) is 0 Å². The van der Waals surface area contributed by atoms with E-state index in [4.69, 9.17) is 5.73 Å². The predicted molar refractivity (Wildman–Crippen MR) is 77.9 cm³/mol. The van der Waals surface area contributed by atoms with Gasteiger partial charge in [-0.15, -0.1) is 0 Å². The highest BCUT2D eigenvalue weighted by Crippen LogP contribution is 2.33. The van der Waals surface area contributed by atoms with Gasteiger partial charge in [0.25, 0.3) is 5.92 Å². The van der Waals surface area contributed by atoms with Crippen LogP contribution in [-0.4, -0.2) is 67.1 Å². The standard InChI is InChI=1S/C13H19F3N6/c1-20-4-6-21(7-5-20)12-18-10(17)9(14)11(19-12)22-3-2-13(15,16)8-22/h2-8H2,1H3,(H2,17,18,19). The molecule has 0 unspecified atom stereocenters. The summed E-state index contributed by atoms with van der Waals surface area (Å²) in [7, 11) is 2.01. The van der Waals surface area contributed by atoms with Crippen LogP contribution in [0, 0.1) is 5.82 Å². The Kier molecular flexibility index (Phi) is 3.75. The summed E-state index contributed by atoms with van der Waals surface area (Å²) in [5.41, 5.74) is 5.61. The number of aromatic nitrogens is 2. The van der Waals surface area contributed by atoms with Gasteiger partial charge in [0.2, 0.25) is 11.8 Å². The Bertz CT molecular complexity index is 559. The summed E-state index contributed by atoms with van der Waals surface area (Å²) in [6.45, 7) is 2.56. The Morgan fingerprint density at radius 3 is 2.32 bits per heavy atom. The zero-order chi connectivity index (χ0) is 15.9. The van der Waals surface area contributed by atoms with Crippen molar-refractivity contribution < 1.29 is 13.2 Å². The molecule has 1 aromatic heterocycles. The van der Waals surface area contributed by atoms with Crippen LogP contribution in [-0.2, 0) is 0 Å². The first kappa shape index (κ1) is 15.1. The van der Waals surface area contributed by atoms with E-state index in [-0.39, 0.29) is 24.6 Å². The van der Waals surface area contributed by atoms with Crippen LogP contribution >= 0.6 is 0 Å². The van der Waals surface area contributed by atoms with Crippen molar-refractivity contribution in [3.63, 3.8) is 0 Å². The van der Waals surface area contributed by atoms with E-state index in [0.717, 1.165) is 13.1 Å². The van der Waals surface area contributed by atoms with E-state index in [1.54, 1.807) is 0 Å². The average Bonchev–Trinajstić information content (AvgIpc) is 2.82. The quantitative estimate of drug-likeness (QED) is 0.871. The highest BCUT2D eigenvalue weighted by molar-refractivity contribution is 5.55. The van der Waals surface area contributed by atoms with E-state index in [1.165, 1.54) is 4.90 Å². The fourth-order valence-corrected chi connectivity index (χ4v) is 2.71. The molecule has 22 heavy (non-hydrogen) atoms. The first-order valence-electron chi connectivity index (χ1n) is 7.25. The highest BCUT2D eigenvalue weighted by Gasteiger charge is 2.40. The summed E-state index contributed by atoms with van der Waals surface area (Å²) in [5.74, 6) is -3.76. The zero-order valence-electron chi connectivity index (χ0n) is 12.4. The van der Waals surface area contributed by atoms with Crippen LogP contribution in [0.3, 0.4) is 0 Å². The molecule has 0 bridgehead atoms. The summed E-state index contributed by atoms with van der Waals surface area (Å²) in [6, 6.07) is 0. The maximum Gasteiger partial charge on any atom is 0.266 e. The normalized spacial score (nSPS) is 22.4. The molecule has 9 heteroatoms. The van der Waals surface area contributed by atoms with Crippen LogP contribution in [0.15, 0.2) is 0 Å². The van der Waals surface area contributed by atoms with Gasteiger partial charge in [0.15, 0.2) is 11.6 Å².